The Labute approximate surface area is 216 Å². The number of amides is 1. The van der Waals surface area contributed by atoms with Gasteiger partial charge in [0.25, 0.3) is 0 Å². The summed E-state index contributed by atoms with van der Waals surface area (Å²) in [4.78, 5) is 16.9. The van der Waals surface area contributed by atoms with Crippen LogP contribution in [0.25, 0.3) is 23.0 Å². The van der Waals surface area contributed by atoms with Crippen LogP contribution >= 0.6 is 0 Å². The van der Waals surface area contributed by atoms with Gasteiger partial charge in [-0.25, -0.2) is 4.68 Å². The first kappa shape index (κ1) is 23.9. The molecule has 0 spiro atoms. The van der Waals surface area contributed by atoms with E-state index in [1.165, 1.54) is 0 Å². The van der Waals surface area contributed by atoms with Crippen LogP contribution in [-0.2, 0) is 17.9 Å². The maximum Gasteiger partial charge on any atom is 0.244 e. The second kappa shape index (κ2) is 10.9. The van der Waals surface area contributed by atoms with Crippen molar-refractivity contribution in [2.45, 2.75) is 26.9 Å². The summed E-state index contributed by atoms with van der Waals surface area (Å²) >= 11 is 0. The lowest BCUT2D eigenvalue weighted by atomic mass is 10.1. The number of hydrogen-bond acceptors (Lipinski definition) is 4. The molecule has 2 aromatic carbocycles. The van der Waals surface area contributed by atoms with Gasteiger partial charge in [0.1, 0.15) is 5.69 Å². The highest BCUT2D eigenvalue weighted by atomic mass is 16.1. The number of carbonyl (C=O) groups is 1. The van der Waals surface area contributed by atoms with Gasteiger partial charge < -0.3 is 5.32 Å². The second-order valence-electron chi connectivity index (χ2n) is 8.91. The molecule has 3 aromatic heterocycles. The van der Waals surface area contributed by atoms with E-state index in [9.17, 15) is 4.79 Å². The summed E-state index contributed by atoms with van der Waals surface area (Å²) in [6.45, 7) is 5.19. The Balaban J connectivity index is 1.28. The minimum atomic E-state index is -0.173. The number of aryl methyl sites for hydroxylation is 2. The predicted octanol–water partition coefficient (Wildman–Crippen LogP) is 5.13. The molecule has 0 aliphatic carbocycles. The van der Waals surface area contributed by atoms with E-state index in [-0.39, 0.29) is 5.91 Å². The molecule has 0 saturated carbocycles. The third-order valence-corrected chi connectivity index (χ3v) is 6.01. The van der Waals surface area contributed by atoms with E-state index in [1.807, 2.05) is 77.1 Å². The van der Waals surface area contributed by atoms with Crippen molar-refractivity contribution in [3.8, 4) is 16.9 Å². The summed E-state index contributed by atoms with van der Waals surface area (Å²) < 4.78 is 3.80. The molecule has 0 aliphatic heterocycles. The predicted molar refractivity (Wildman–Crippen MR) is 145 cm³/mol. The Hall–Kier alpha value is -4.78. The van der Waals surface area contributed by atoms with E-state index in [4.69, 9.17) is 5.10 Å². The van der Waals surface area contributed by atoms with Crippen LogP contribution in [0, 0.1) is 13.8 Å². The van der Waals surface area contributed by atoms with E-state index in [2.05, 4.69) is 40.5 Å². The van der Waals surface area contributed by atoms with E-state index >= 15 is 0 Å². The fourth-order valence-corrected chi connectivity index (χ4v) is 4.21. The molecule has 7 heteroatoms. The SMILES string of the molecule is Cc1cc(C)n(Cc2cccc(CNC(=O)/C=C/c3cn(-c4ccccc4)nc3-c3cccnc3)c2)n1. The fraction of sp³-hybridized carbons (Fsp3) is 0.133. The summed E-state index contributed by atoms with van der Waals surface area (Å²) in [5.41, 5.74) is 7.73. The molecule has 0 unspecified atom stereocenters. The monoisotopic (exact) mass is 488 g/mol. The zero-order chi connectivity index (χ0) is 25.6. The lowest BCUT2D eigenvalue weighted by molar-refractivity contribution is -0.116. The normalized spacial score (nSPS) is 11.2. The highest BCUT2D eigenvalue weighted by Gasteiger charge is 2.11. The van der Waals surface area contributed by atoms with Crippen LogP contribution < -0.4 is 5.32 Å². The number of pyridine rings is 1. The van der Waals surface area contributed by atoms with Gasteiger partial charge in [0.15, 0.2) is 0 Å². The van der Waals surface area contributed by atoms with Crippen LogP contribution in [0.1, 0.15) is 28.1 Å². The summed E-state index contributed by atoms with van der Waals surface area (Å²) in [5.74, 6) is -0.173. The minimum Gasteiger partial charge on any atom is -0.348 e. The number of carbonyl (C=O) groups excluding carboxylic acids is 1. The number of para-hydroxylation sites is 1. The minimum absolute atomic E-state index is 0.173. The number of nitrogens with zero attached hydrogens (tertiary/aromatic N) is 5. The molecule has 0 bridgehead atoms. The number of hydrogen-bond donors (Lipinski definition) is 1. The molecule has 5 rings (SSSR count). The molecular weight excluding hydrogens is 460 g/mol. The van der Waals surface area contributed by atoms with Crippen LogP contribution in [0.4, 0.5) is 0 Å². The van der Waals surface area contributed by atoms with Crippen LogP contribution in [-0.4, -0.2) is 30.5 Å². The number of rotatable bonds is 8. The summed E-state index contributed by atoms with van der Waals surface area (Å²) in [7, 11) is 0. The molecule has 0 aliphatic rings. The van der Waals surface area contributed by atoms with Gasteiger partial charge >= 0.3 is 0 Å². The van der Waals surface area contributed by atoms with Gasteiger partial charge in [-0.2, -0.15) is 10.2 Å². The largest absolute Gasteiger partial charge is 0.348 e. The van der Waals surface area contributed by atoms with Crippen molar-refractivity contribution < 1.29 is 4.79 Å². The van der Waals surface area contributed by atoms with Gasteiger partial charge in [-0.1, -0.05) is 42.5 Å². The highest BCUT2D eigenvalue weighted by molar-refractivity contribution is 5.92. The Morgan fingerprint density at radius 1 is 0.946 bits per heavy atom. The van der Waals surface area contributed by atoms with Gasteiger partial charge in [0.05, 0.1) is 17.9 Å². The first-order valence-electron chi connectivity index (χ1n) is 12.2. The van der Waals surface area contributed by atoms with Crippen molar-refractivity contribution in [1.82, 2.24) is 29.9 Å². The summed E-state index contributed by atoms with van der Waals surface area (Å²) in [6.07, 6.45) is 8.76. The molecule has 1 N–H and O–H groups in total. The van der Waals surface area contributed by atoms with Crippen LogP contribution in [0.3, 0.4) is 0 Å². The fourth-order valence-electron chi connectivity index (χ4n) is 4.21. The molecule has 0 radical (unpaired) electrons. The first-order chi connectivity index (χ1) is 18.0. The van der Waals surface area contributed by atoms with Crippen molar-refractivity contribution in [1.29, 1.82) is 0 Å². The summed E-state index contributed by atoms with van der Waals surface area (Å²) in [5, 5.41) is 12.3. The van der Waals surface area contributed by atoms with Crippen molar-refractivity contribution in [3.63, 3.8) is 0 Å². The molecule has 7 nitrogen and oxygen atoms in total. The topological polar surface area (TPSA) is 77.6 Å². The van der Waals surface area contributed by atoms with Gasteiger partial charge in [0, 0.05) is 48.0 Å². The lowest BCUT2D eigenvalue weighted by Crippen LogP contribution is -2.20. The quantitative estimate of drug-likeness (QED) is 0.307. The van der Waals surface area contributed by atoms with Gasteiger partial charge in [-0.15, -0.1) is 0 Å². The smallest absolute Gasteiger partial charge is 0.244 e. The Morgan fingerprint density at radius 3 is 2.54 bits per heavy atom. The van der Waals surface area contributed by atoms with Crippen molar-refractivity contribution in [2.75, 3.05) is 0 Å². The van der Waals surface area contributed by atoms with Crippen molar-refractivity contribution in [2.24, 2.45) is 0 Å². The first-order valence-corrected chi connectivity index (χ1v) is 12.2. The molecule has 0 saturated heterocycles. The van der Waals surface area contributed by atoms with Crippen LogP contribution in [0.2, 0.25) is 0 Å². The summed E-state index contributed by atoms with van der Waals surface area (Å²) in [6, 6.07) is 24.0. The van der Waals surface area contributed by atoms with E-state index in [1.54, 1.807) is 24.5 Å². The Bertz CT molecular complexity index is 1530. The molecule has 184 valence electrons. The van der Waals surface area contributed by atoms with E-state index < -0.39 is 0 Å². The molecule has 3 heterocycles. The lowest BCUT2D eigenvalue weighted by Gasteiger charge is -2.08. The van der Waals surface area contributed by atoms with E-state index in [0.717, 1.165) is 45.0 Å². The molecule has 1 amide bonds. The molecular formula is C30H28N6O. The zero-order valence-corrected chi connectivity index (χ0v) is 20.9. The van der Waals surface area contributed by atoms with Gasteiger partial charge in [-0.3, -0.25) is 14.5 Å². The molecule has 5 aromatic rings. The van der Waals surface area contributed by atoms with E-state index in [0.29, 0.717) is 13.1 Å². The number of nitrogens with one attached hydrogen (secondary N) is 1. The third-order valence-electron chi connectivity index (χ3n) is 6.01. The Morgan fingerprint density at radius 2 is 1.78 bits per heavy atom. The average molecular weight is 489 g/mol. The zero-order valence-electron chi connectivity index (χ0n) is 20.9. The molecule has 0 atom stereocenters. The Kier molecular flexibility index (Phi) is 7.03. The van der Waals surface area contributed by atoms with Crippen LogP contribution in [0.15, 0.2) is 97.5 Å². The maximum atomic E-state index is 12.7. The number of aromatic nitrogens is 5. The molecule has 0 fully saturated rings. The van der Waals surface area contributed by atoms with Gasteiger partial charge in [0.2, 0.25) is 5.91 Å². The third kappa shape index (κ3) is 5.90. The standard InChI is InChI=1S/C30H28N6O/c1-22-16-23(2)35(33-22)20-25-9-6-8-24(17-25)18-32-29(37)14-13-27-21-36(28-11-4-3-5-12-28)34-30(27)26-10-7-15-31-19-26/h3-17,19,21H,18,20H2,1-2H3,(H,32,37)/b14-13+. The second-order valence-corrected chi connectivity index (χ2v) is 8.91. The van der Waals surface area contributed by atoms with Crippen molar-refractivity contribution >= 4 is 12.0 Å². The highest BCUT2D eigenvalue weighted by Crippen LogP contribution is 2.24. The number of benzene rings is 2. The average Bonchev–Trinajstić information content (AvgIpc) is 3.49. The van der Waals surface area contributed by atoms with Crippen LogP contribution in [0.5, 0.6) is 0 Å². The molecule has 37 heavy (non-hydrogen) atoms. The van der Waals surface area contributed by atoms with Crippen molar-refractivity contribution in [3.05, 3.63) is 126 Å². The van der Waals surface area contributed by atoms with Gasteiger partial charge in [-0.05, 0) is 61.4 Å². The maximum absolute atomic E-state index is 12.7.